The zero-order valence-corrected chi connectivity index (χ0v) is 8.76. The SMILES string of the molecule is C=NC(C)(CC)CCOC(C)C. The highest BCUT2D eigenvalue weighted by molar-refractivity contribution is 5.25. The van der Waals surface area contributed by atoms with E-state index >= 15 is 0 Å². The first-order valence-electron chi connectivity index (χ1n) is 4.63. The lowest BCUT2D eigenvalue weighted by molar-refractivity contribution is 0.0662. The maximum Gasteiger partial charge on any atom is 0.0592 e. The minimum Gasteiger partial charge on any atom is -0.379 e. The molecule has 2 nitrogen and oxygen atoms in total. The fraction of sp³-hybridized carbons (Fsp3) is 0.900. The van der Waals surface area contributed by atoms with Crippen LogP contribution in [-0.4, -0.2) is 25.0 Å². The molecule has 12 heavy (non-hydrogen) atoms. The molecular weight excluding hydrogens is 150 g/mol. The second-order valence-electron chi connectivity index (χ2n) is 3.68. The molecule has 0 fully saturated rings. The highest BCUT2D eigenvalue weighted by Crippen LogP contribution is 2.18. The van der Waals surface area contributed by atoms with Gasteiger partial charge in [-0.3, -0.25) is 4.99 Å². The number of nitrogens with zero attached hydrogens (tertiary/aromatic N) is 1. The van der Waals surface area contributed by atoms with Crippen LogP contribution in [0.5, 0.6) is 0 Å². The molecule has 0 rings (SSSR count). The molecule has 0 N–H and O–H groups in total. The Bertz CT molecular complexity index is 134. The summed E-state index contributed by atoms with van der Waals surface area (Å²) in [7, 11) is 0. The first kappa shape index (κ1) is 11.6. The Morgan fingerprint density at radius 3 is 2.42 bits per heavy atom. The van der Waals surface area contributed by atoms with Crippen LogP contribution in [0.1, 0.15) is 40.5 Å². The summed E-state index contributed by atoms with van der Waals surface area (Å²) < 4.78 is 5.45. The number of aliphatic imine (C=N–C) groups is 1. The molecule has 0 aromatic carbocycles. The van der Waals surface area contributed by atoms with Gasteiger partial charge in [-0.15, -0.1) is 0 Å². The van der Waals surface area contributed by atoms with E-state index in [9.17, 15) is 0 Å². The van der Waals surface area contributed by atoms with Gasteiger partial charge in [-0.25, -0.2) is 0 Å². The summed E-state index contributed by atoms with van der Waals surface area (Å²) in [5.74, 6) is 0. The Hall–Kier alpha value is -0.370. The molecule has 0 bridgehead atoms. The van der Waals surface area contributed by atoms with Gasteiger partial charge in [0.2, 0.25) is 0 Å². The van der Waals surface area contributed by atoms with Crippen molar-refractivity contribution in [1.82, 2.24) is 0 Å². The van der Waals surface area contributed by atoms with Gasteiger partial charge in [-0.1, -0.05) is 6.92 Å². The lowest BCUT2D eigenvalue weighted by Gasteiger charge is -2.23. The molecule has 1 unspecified atom stereocenters. The largest absolute Gasteiger partial charge is 0.379 e. The van der Waals surface area contributed by atoms with Crippen LogP contribution in [0.3, 0.4) is 0 Å². The maximum absolute atomic E-state index is 5.45. The normalized spacial score (nSPS) is 16.1. The van der Waals surface area contributed by atoms with Crippen LogP contribution in [0.2, 0.25) is 0 Å². The van der Waals surface area contributed by atoms with Gasteiger partial charge in [-0.05, 0) is 40.3 Å². The zero-order valence-electron chi connectivity index (χ0n) is 8.76. The minimum atomic E-state index is 0.00882. The summed E-state index contributed by atoms with van der Waals surface area (Å²) in [6, 6.07) is 0. The van der Waals surface area contributed by atoms with Gasteiger partial charge in [0, 0.05) is 6.61 Å². The number of rotatable bonds is 6. The lowest BCUT2D eigenvalue weighted by Crippen LogP contribution is -2.23. The smallest absolute Gasteiger partial charge is 0.0592 e. The van der Waals surface area contributed by atoms with Gasteiger partial charge in [0.1, 0.15) is 0 Å². The molecule has 0 saturated heterocycles. The second-order valence-corrected chi connectivity index (χ2v) is 3.68. The molecule has 2 heteroatoms. The van der Waals surface area contributed by atoms with Crippen molar-refractivity contribution >= 4 is 6.72 Å². The summed E-state index contributed by atoms with van der Waals surface area (Å²) >= 11 is 0. The summed E-state index contributed by atoms with van der Waals surface area (Å²) in [5, 5.41) is 0. The molecule has 0 saturated carbocycles. The van der Waals surface area contributed by atoms with Crippen LogP contribution in [0.4, 0.5) is 0 Å². The fourth-order valence-corrected chi connectivity index (χ4v) is 0.882. The average molecular weight is 171 g/mol. The predicted octanol–water partition coefficient (Wildman–Crippen LogP) is 2.67. The van der Waals surface area contributed by atoms with Crippen LogP contribution in [0.15, 0.2) is 4.99 Å². The first-order valence-corrected chi connectivity index (χ1v) is 4.63. The van der Waals surface area contributed by atoms with E-state index in [2.05, 4.69) is 25.6 Å². The van der Waals surface area contributed by atoms with E-state index in [4.69, 9.17) is 4.74 Å². The van der Waals surface area contributed by atoms with Crippen molar-refractivity contribution < 1.29 is 4.74 Å². The first-order chi connectivity index (χ1) is 5.54. The lowest BCUT2D eigenvalue weighted by atomic mass is 9.96. The van der Waals surface area contributed by atoms with Gasteiger partial charge in [0.15, 0.2) is 0 Å². The van der Waals surface area contributed by atoms with E-state index in [1.807, 2.05) is 13.8 Å². The highest BCUT2D eigenvalue weighted by Gasteiger charge is 2.18. The molecule has 1 atom stereocenters. The average Bonchev–Trinajstić information content (AvgIpc) is 2.03. The van der Waals surface area contributed by atoms with E-state index in [0.717, 1.165) is 19.4 Å². The molecule has 72 valence electrons. The Morgan fingerprint density at radius 1 is 1.50 bits per heavy atom. The van der Waals surface area contributed by atoms with Gasteiger partial charge in [-0.2, -0.15) is 0 Å². The molecular formula is C10H21NO. The van der Waals surface area contributed by atoms with Crippen molar-refractivity contribution in [2.45, 2.75) is 52.2 Å². The topological polar surface area (TPSA) is 21.6 Å². The molecule has 0 aliphatic heterocycles. The van der Waals surface area contributed by atoms with Crippen molar-refractivity contribution in [2.75, 3.05) is 6.61 Å². The summed E-state index contributed by atoms with van der Waals surface area (Å²) in [5.41, 5.74) is 0.00882. The van der Waals surface area contributed by atoms with E-state index in [1.165, 1.54) is 0 Å². The Balaban J connectivity index is 3.66. The van der Waals surface area contributed by atoms with Crippen LogP contribution in [0.25, 0.3) is 0 Å². The minimum absolute atomic E-state index is 0.00882. The van der Waals surface area contributed by atoms with Gasteiger partial charge in [0.05, 0.1) is 11.6 Å². The van der Waals surface area contributed by atoms with Crippen LogP contribution in [0, 0.1) is 0 Å². The third-order valence-electron chi connectivity index (χ3n) is 2.24. The standard InChI is InChI=1S/C10H21NO/c1-6-10(4,11-5)7-8-12-9(2)3/h9H,5-8H2,1-4H3. The summed E-state index contributed by atoms with van der Waals surface area (Å²) in [4.78, 5) is 4.11. The van der Waals surface area contributed by atoms with E-state index in [0.29, 0.717) is 6.10 Å². The van der Waals surface area contributed by atoms with E-state index < -0.39 is 0 Å². The molecule has 0 aromatic rings. The van der Waals surface area contributed by atoms with E-state index in [1.54, 1.807) is 0 Å². The molecule has 0 radical (unpaired) electrons. The molecule has 0 aromatic heterocycles. The molecule has 0 spiro atoms. The Morgan fingerprint density at radius 2 is 2.08 bits per heavy atom. The van der Waals surface area contributed by atoms with Crippen LogP contribution >= 0.6 is 0 Å². The van der Waals surface area contributed by atoms with Gasteiger partial charge >= 0.3 is 0 Å². The van der Waals surface area contributed by atoms with Crippen molar-refractivity contribution in [1.29, 1.82) is 0 Å². The Labute approximate surface area is 76.0 Å². The summed E-state index contributed by atoms with van der Waals surface area (Å²) in [6.07, 6.45) is 2.30. The third kappa shape index (κ3) is 4.50. The molecule has 0 amide bonds. The van der Waals surface area contributed by atoms with Crippen molar-refractivity contribution in [3.63, 3.8) is 0 Å². The van der Waals surface area contributed by atoms with Gasteiger partial charge in [0.25, 0.3) is 0 Å². The fourth-order valence-electron chi connectivity index (χ4n) is 0.882. The zero-order chi connectivity index (χ0) is 9.61. The molecule has 0 aliphatic rings. The van der Waals surface area contributed by atoms with Crippen LogP contribution in [-0.2, 0) is 4.74 Å². The van der Waals surface area contributed by atoms with Crippen molar-refractivity contribution in [3.05, 3.63) is 0 Å². The third-order valence-corrected chi connectivity index (χ3v) is 2.24. The second kappa shape index (κ2) is 5.31. The van der Waals surface area contributed by atoms with Crippen LogP contribution < -0.4 is 0 Å². The monoisotopic (exact) mass is 171 g/mol. The molecule has 0 heterocycles. The maximum atomic E-state index is 5.45. The van der Waals surface area contributed by atoms with Crippen molar-refractivity contribution in [2.24, 2.45) is 4.99 Å². The predicted molar refractivity (Wildman–Crippen MR) is 54.0 cm³/mol. The summed E-state index contributed by atoms with van der Waals surface area (Å²) in [6.45, 7) is 12.7. The Kier molecular flexibility index (Phi) is 5.14. The number of hydrogen-bond acceptors (Lipinski definition) is 2. The number of hydrogen-bond donors (Lipinski definition) is 0. The quantitative estimate of drug-likeness (QED) is 0.563. The van der Waals surface area contributed by atoms with Gasteiger partial charge < -0.3 is 4.74 Å². The molecule has 0 aliphatic carbocycles. The number of ether oxygens (including phenoxy) is 1. The van der Waals surface area contributed by atoms with Crippen molar-refractivity contribution in [3.8, 4) is 0 Å². The highest BCUT2D eigenvalue weighted by atomic mass is 16.5. The van der Waals surface area contributed by atoms with E-state index in [-0.39, 0.29) is 5.54 Å².